The first kappa shape index (κ1) is 27.5. The van der Waals surface area contributed by atoms with Gasteiger partial charge in [-0.15, -0.1) is 6.58 Å². The number of hydrogen-bond acceptors (Lipinski definition) is 3. The van der Waals surface area contributed by atoms with E-state index >= 15 is 0 Å². The van der Waals surface area contributed by atoms with Crippen molar-refractivity contribution in [3.63, 3.8) is 0 Å². The molecule has 0 aliphatic carbocycles. The summed E-state index contributed by atoms with van der Waals surface area (Å²) in [6, 6.07) is 16.2. The van der Waals surface area contributed by atoms with E-state index in [0.717, 1.165) is 60.9 Å². The SMILES string of the molecule is C=C[C@H]1C[N@+]2(CC(=O)Nc3c(CC)cccc3CC)CC[C@H]1C[C@@H]2[C@@H](O)c1ccnc2ccccc12.[Br-]. The van der Waals surface area contributed by atoms with E-state index < -0.39 is 6.10 Å². The Bertz CT molecular complexity index is 1250. The molecule has 6 rings (SSSR count). The van der Waals surface area contributed by atoms with Crippen LogP contribution in [0.4, 0.5) is 5.69 Å². The fourth-order valence-corrected chi connectivity index (χ4v) is 6.83. The molecule has 2 N–H and O–H groups in total. The molecule has 3 aromatic rings. The summed E-state index contributed by atoms with van der Waals surface area (Å²) in [6.07, 6.45) is 6.91. The lowest BCUT2D eigenvalue weighted by Crippen LogP contribution is -3.00. The van der Waals surface area contributed by atoms with Gasteiger partial charge in [-0.05, 0) is 47.6 Å². The molecule has 0 unspecified atom stereocenters. The fourth-order valence-electron chi connectivity index (χ4n) is 6.83. The number of nitrogens with one attached hydrogen (secondary N) is 1. The largest absolute Gasteiger partial charge is 1.00 e. The Morgan fingerprint density at radius 2 is 1.89 bits per heavy atom. The van der Waals surface area contributed by atoms with E-state index in [1.807, 2.05) is 30.3 Å². The molecule has 4 heterocycles. The van der Waals surface area contributed by atoms with E-state index in [-0.39, 0.29) is 28.9 Å². The molecule has 0 radical (unpaired) electrons. The second kappa shape index (κ2) is 11.5. The molecule has 1 aromatic heterocycles. The van der Waals surface area contributed by atoms with Crippen LogP contribution in [0.3, 0.4) is 0 Å². The molecular weight excluding hydrogens is 526 g/mol. The van der Waals surface area contributed by atoms with Crippen molar-refractivity contribution in [2.75, 3.05) is 25.0 Å². The van der Waals surface area contributed by atoms with Crippen LogP contribution in [-0.4, -0.2) is 46.2 Å². The van der Waals surface area contributed by atoms with Gasteiger partial charge in [-0.3, -0.25) is 9.78 Å². The number of amides is 1. The third kappa shape index (κ3) is 5.12. The standard InChI is InChI=1S/C31H37N3O2.BrH/c1-4-21-10-9-11-22(5-2)30(21)33-29(35)20-34-17-15-24(23(6-3)19-34)18-28(34)31(36)26-14-16-32-27-13-8-7-12-25(26)27;/h6-14,16,23-24,28,31,36H,3-5,15,17-20H2,1-2H3;1H/t23-,24-,28+,31-,34-;/m0./s1. The number of aryl methyl sites for hydroxylation is 2. The third-order valence-corrected chi connectivity index (χ3v) is 8.76. The first-order valence-corrected chi connectivity index (χ1v) is 13.4. The summed E-state index contributed by atoms with van der Waals surface area (Å²) in [5.74, 6) is 0.912. The van der Waals surface area contributed by atoms with Crippen molar-refractivity contribution in [3.05, 3.63) is 84.1 Å². The van der Waals surface area contributed by atoms with Crippen molar-refractivity contribution in [2.45, 2.75) is 51.7 Å². The van der Waals surface area contributed by atoms with Crippen LogP contribution in [0.25, 0.3) is 10.9 Å². The zero-order valence-corrected chi connectivity index (χ0v) is 23.5. The highest BCUT2D eigenvalue weighted by molar-refractivity contribution is 5.93. The van der Waals surface area contributed by atoms with Crippen LogP contribution in [-0.2, 0) is 17.6 Å². The van der Waals surface area contributed by atoms with Gasteiger partial charge in [-0.2, -0.15) is 0 Å². The first-order valence-electron chi connectivity index (χ1n) is 13.4. The number of aliphatic hydroxyl groups is 1. The highest BCUT2D eigenvalue weighted by atomic mass is 79.9. The third-order valence-electron chi connectivity index (χ3n) is 8.76. The predicted molar refractivity (Wildman–Crippen MR) is 146 cm³/mol. The number of pyridine rings is 1. The topological polar surface area (TPSA) is 62.2 Å². The van der Waals surface area contributed by atoms with Gasteiger partial charge in [0.15, 0.2) is 6.54 Å². The van der Waals surface area contributed by atoms with Gasteiger partial charge in [-0.1, -0.05) is 56.3 Å². The summed E-state index contributed by atoms with van der Waals surface area (Å²) < 4.78 is 0.604. The van der Waals surface area contributed by atoms with Crippen LogP contribution >= 0.6 is 0 Å². The van der Waals surface area contributed by atoms with Crippen LogP contribution in [0.1, 0.15) is 49.5 Å². The Labute approximate surface area is 231 Å². The van der Waals surface area contributed by atoms with Gasteiger partial charge in [0.2, 0.25) is 0 Å². The van der Waals surface area contributed by atoms with E-state index in [1.54, 1.807) is 6.20 Å². The quantitative estimate of drug-likeness (QED) is 0.327. The lowest BCUT2D eigenvalue weighted by Gasteiger charge is -2.57. The number of rotatable bonds is 8. The average molecular weight is 565 g/mol. The van der Waals surface area contributed by atoms with Crippen molar-refractivity contribution < 1.29 is 31.4 Å². The molecule has 5 nitrogen and oxygen atoms in total. The minimum absolute atomic E-state index is 0. The number of carbonyl (C=O) groups is 1. The Morgan fingerprint density at radius 1 is 1.16 bits per heavy atom. The lowest BCUT2D eigenvalue weighted by molar-refractivity contribution is -0.966. The Balaban J connectivity index is 0.00000320. The van der Waals surface area contributed by atoms with Gasteiger partial charge in [0, 0.05) is 36.0 Å². The number of benzene rings is 2. The summed E-state index contributed by atoms with van der Waals surface area (Å²) in [5, 5.41) is 16.1. The zero-order valence-electron chi connectivity index (χ0n) is 21.9. The highest BCUT2D eigenvalue weighted by Crippen LogP contribution is 2.47. The number of fused-ring (bicyclic) bond motifs is 4. The molecule has 0 spiro atoms. The van der Waals surface area contributed by atoms with E-state index in [4.69, 9.17) is 0 Å². The van der Waals surface area contributed by atoms with Gasteiger partial charge < -0.3 is 31.9 Å². The predicted octanol–water partition coefficient (Wildman–Crippen LogP) is 2.45. The normalized spacial score (nSPS) is 25.3. The van der Waals surface area contributed by atoms with E-state index in [0.29, 0.717) is 22.9 Å². The number of hydrogen-bond donors (Lipinski definition) is 2. The maximum absolute atomic E-state index is 13.7. The number of carbonyl (C=O) groups excluding carboxylic acids is 1. The van der Waals surface area contributed by atoms with Crippen molar-refractivity contribution >= 4 is 22.5 Å². The minimum atomic E-state index is -0.659. The Kier molecular flexibility index (Phi) is 8.52. The summed E-state index contributed by atoms with van der Waals surface area (Å²) in [6.45, 7) is 10.5. The van der Waals surface area contributed by atoms with Gasteiger partial charge in [0.05, 0.1) is 18.6 Å². The van der Waals surface area contributed by atoms with Crippen molar-refractivity contribution in [2.24, 2.45) is 11.8 Å². The van der Waals surface area contributed by atoms with Crippen LogP contribution in [0.15, 0.2) is 67.4 Å². The zero-order chi connectivity index (χ0) is 25.3. The Hall–Kier alpha value is -2.54. The molecule has 2 aromatic carbocycles. The molecule has 2 bridgehead atoms. The number of para-hydroxylation sites is 2. The molecule has 196 valence electrons. The van der Waals surface area contributed by atoms with Crippen molar-refractivity contribution in [1.82, 2.24) is 4.98 Å². The number of quaternary nitrogens is 1. The van der Waals surface area contributed by atoms with Gasteiger partial charge in [-0.25, -0.2) is 0 Å². The molecule has 6 heteroatoms. The summed E-state index contributed by atoms with van der Waals surface area (Å²) in [5.41, 5.74) is 5.11. The van der Waals surface area contributed by atoms with Crippen LogP contribution in [0.5, 0.6) is 0 Å². The number of anilines is 1. The van der Waals surface area contributed by atoms with Gasteiger partial charge in [0.1, 0.15) is 12.1 Å². The Morgan fingerprint density at radius 3 is 2.59 bits per heavy atom. The molecule has 3 saturated heterocycles. The number of piperidine rings is 3. The molecule has 3 aliphatic rings. The first-order chi connectivity index (χ1) is 17.5. The number of aliphatic hydroxyl groups excluding tert-OH is 1. The summed E-state index contributed by atoms with van der Waals surface area (Å²) in [4.78, 5) is 18.2. The van der Waals surface area contributed by atoms with Crippen molar-refractivity contribution in [3.8, 4) is 0 Å². The second-order valence-corrected chi connectivity index (χ2v) is 10.6. The van der Waals surface area contributed by atoms with Crippen molar-refractivity contribution in [1.29, 1.82) is 0 Å². The van der Waals surface area contributed by atoms with E-state index in [2.05, 4.69) is 55.0 Å². The number of halogens is 1. The molecule has 1 amide bonds. The lowest BCUT2D eigenvalue weighted by atomic mass is 9.71. The summed E-state index contributed by atoms with van der Waals surface area (Å²) in [7, 11) is 0. The second-order valence-electron chi connectivity index (χ2n) is 10.6. The molecule has 0 saturated carbocycles. The molecule has 3 aliphatic heterocycles. The number of aromatic nitrogens is 1. The number of nitrogens with zero attached hydrogens (tertiary/aromatic N) is 2. The highest BCUT2D eigenvalue weighted by Gasteiger charge is 2.54. The van der Waals surface area contributed by atoms with E-state index in [1.165, 1.54) is 11.1 Å². The van der Waals surface area contributed by atoms with Crippen LogP contribution in [0.2, 0.25) is 0 Å². The fraction of sp³-hybridized carbons (Fsp3) is 0.419. The molecule has 37 heavy (non-hydrogen) atoms. The molecule has 5 atom stereocenters. The maximum Gasteiger partial charge on any atom is 0.279 e. The van der Waals surface area contributed by atoms with E-state index in [9.17, 15) is 9.90 Å². The van der Waals surface area contributed by atoms with Gasteiger partial charge in [0.25, 0.3) is 5.91 Å². The van der Waals surface area contributed by atoms with Gasteiger partial charge >= 0.3 is 0 Å². The molecule has 3 fully saturated rings. The van der Waals surface area contributed by atoms with Crippen LogP contribution in [0, 0.1) is 11.8 Å². The average Bonchev–Trinajstić information content (AvgIpc) is 2.92. The summed E-state index contributed by atoms with van der Waals surface area (Å²) >= 11 is 0. The molecular formula is C31H38BrN3O2. The van der Waals surface area contributed by atoms with Crippen LogP contribution < -0.4 is 22.3 Å². The maximum atomic E-state index is 13.7. The minimum Gasteiger partial charge on any atom is -1.00 e. The smallest absolute Gasteiger partial charge is 0.279 e. The monoisotopic (exact) mass is 563 g/mol.